The molecule has 1 fully saturated rings. The smallest absolute Gasteiger partial charge is 0.237 e. The van der Waals surface area contributed by atoms with E-state index in [4.69, 9.17) is 4.42 Å². The molecule has 1 aliphatic rings. The third-order valence-electron chi connectivity index (χ3n) is 4.26. The van der Waals surface area contributed by atoms with Gasteiger partial charge in [0.1, 0.15) is 5.76 Å². The third-order valence-corrected chi connectivity index (χ3v) is 4.26. The number of carbonyl (C=O) groups is 2. The van der Waals surface area contributed by atoms with Crippen molar-refractivity contribution in [3.63, 3.8) is 0 Å². The average Bonchev–Trinajstić information content (AvgIpc) is 3.09. The number of rotatable bonds is 6. The summed E-state index contributed by atoms with van der Waals surface area (Å²) in [5.74, 6) is 0.676. The first-order valence-electron chi connectivity index (χ1n) is 8.45. The molecular formula is C19H23N3O3. The summed E-state index contributed by atoms with van der Waals surface area (Å²) >= 11 is 0. The van der Waals surface area contributed by atoms with Gasteiger partial charge in [-0.3, -0.25) is 14.5 Å². The molecule has 1 N–H and O–H groups in total. The van der Waals surface area contributed by atoms with E-state index in [0.29, 0.717) is 31.9 Å². The van der Waals surface area contributed by atoms with Crippen molar-refractivity contribution in [3.05, 3.63) is 59.5 Å². The maximum Gasteiger partial charge on any atom is 0.237 e. The summed E-state index contributed by atoms with van der Waals surface area (Å²) in [6.45, 7) is 4.88. The number of benzene rings is 1. The second-order valence-corrected chi connectivity index (χ2v) is 6.37. The van der Waals surface area contributed by atoms with Crippen LogP contribution in [0.2, 0.25) is 0 Å². The Morgan fingerprint density at radius 1 is 1.24 bits per heavy atom. The maximum atomic E-state index is 12.4. The lowest BCUT2D eigenvalue weighted by atomic mass is 10.1. The summed E-state index contributed by atoms with van der Waals surface area (Å²) < 4.78 is 5.18. The molecule has 0 bridgehead atoms. The highest BCUT2D eigenvalue weighted by atomic mass is 16.3. The van der Waals surface area contributed by atoms with E-state index in [2.05, 4.69) is 11.4 Å². The zero-order valence-electron chi connectivity index (χ0n) is 14.4. The molecule has 6 nitrogen and oxygen atoms in total. The number of aryl methyl sites for hydroxylation is 1. The van der Waals surface area contributed by atoms with E-state index in [0.717, 1.165) is 5.56 Å². The van der Waals surface area contributed by atoms with Crippen LogP contribution >= 0.6 is 0 Å². The molecule has 2 heterocycles. The van der Waals surface area contributed by atoms with Crippen molar-refractivity contribution >= 4 is 11.8 Å². The van der Waals surface area contributed by atoms with E-state index in [1.54, 1.807) is 12.3 Å². The lowest BCUT2D eigenvalue weighted by Crippen LogP contribution is -2.52. The number of amides is 2. The summed E-state index contributed by atoms with van der Waals surface area (Å²) in [7, 11) is 0. The molecule has 1 saturated heterocycles. The van der Waals surface area contributed by atoms with Crippen molar-refractivity contribution < 1.29 is 14.0 Å². The Kier molecular flexibility index (Phi) is 5.50. The summed E-state index contributed by atoms with van der Waals surface area (Å²) in [4.78, 5) is 28.1. The Hall–Kier alpha value is -2.60. The SMILES string of the molecule is Cc1cccc(CN2CCN(CC(=O)NCc3ccco3)CC2=O)c1. The molecule has 0 unspecified atom stereocenters. The highest BCUT2D eigenvalue weighted by molar-refractivity contribution is 5.81. The van der Waals surface area contributed by atoms with E-state index in [1.165, 1.54) is 5.56 Å². The predicted octanol–water partition coefficient (Wildman–Crippen LogP) is 1.55. The van der Waals surface area contributed by atoms with Gasteiger partial charge >= 0.3 is 0 Å². The van der Waals surface area contributed by atoms with Crippen LogP contribution in [0.4, 0.5) is 0 Å². The van der Waals surface area contributed by atoms with Crippen molar-refractivity contribution in [1.82, 2.24) is 15.1 Å². The van der Waals surface area contributed by atoms with Crippen molar-refractivity contribution in [2.24, 2.45) is 0 Å². The van der Waals surface area contributed by atoms with Crippen LogP contribution in [0.1, 0.15) is 16.9 Å². The number of hydrogen-bond donors (Lipinski definition) is 1. The van der Waals surface area contributed by atoms with E-state index in [9.17, 15) is 9.59 Å². The molecule has 0 radical (unpaired) electrons. The van der Waals surface area contributed by atoms with Gasteiger partial charge in [0.25, 0.3) is 0 Å². The Balaban J connectivity index is 1.45. The molecule has 6 heteroatoms. The van der Waals surface area contributed by atoms with Crippen LogP contribution in [-0.2, 0) is 22.7 Å². The molecule has 2 aromatic rings. The second-order valence-electron chi connectivity index (χ2n) is 6.37. The fraction of sp³-hybridized carbons (Fsp3) is 0.368. The van der Waals surface area contributed by atoms with Crippen LogP contribution in [0.3, 0.4) is 0 Å². The van der Waals surface area contributed by atoms with Gasteiger partial charge in [-0.1, -0.05) is 29.8 Å². The first kappa shape index (κ1) is 17.2. The summed E-state index contributed by atoms with van der Waals surface area (Å²) in [5.41, 5.74) is 2.33. The highest BCUT2D eigenvalue weighted by Crippen LogP contribution is 2.11. The number of furan rings is 1. The van der Waals surface area contributed by atoms with E-state index >= 15 is 0 Å². The van der Waals surface area contributed by atoms with Crippen molar-refractivity contribution in [2.45, 2.75) is 20.0 Å². The van der Waals surface area contributed by atoms with Crippen LogP contribution in [-0.4, -0.2) is 47.8 Å². The molecule has 1 aliphatic heterocycles. The Morgan fingerprint density at radius 3 is 2.84 bits per heavy atom. The molecular weight excluding hydrogens is 318 g/mol. The number of carbonyl (C=O) groups excluding carboxylic acids is 2. The summed E-state index contributed by atoms with van der Waals surface area (Å²) in [5, 5.41) is 2.81. The number of hydrogen-bond acceptors (Lipinski definition) is 4. The fourth-order valence-corrected chi connectivity index (χ4v) is 2.95. The molecule has 132 valence electrons. The minimum absolute atomic E-state index is 0.0617. The predicted molar refractivity (Wildman–Crippen MR) is 93.6 cm³/mol. The molecule has 1 aromatic carbocycles. The Bertz CT molecular complexity index is 727. The van der Waals surface area contributed by atoms with Gasteiger partial charge in [0.05, 0.1) is 25.9 Å². The standard InChI is InChI=1S/C19H23N3O3/c1-15-4-2-5-16(10-15)12-22-8-7-21(14-19(22)24)13-18(23)20-11-17-6-3-9-25-17/h2-6,9-10H,7-8,11-14H2,1H3,(H,20,23). The van der Waals surface area contributed by atoms with Crippen molar-refractivity contribution in [1.29, 1.82) is 0 Å². The first-order chi connectivity index (χ1) is 12.1. The van der Waals surface area contributed by atoms with E-state index < -0.39 is 0 Å². The molecule has 25 heavy (non-hydrogen) atoms. The normalized spacial score (nSPS) is 15.4. The van der Waals surface area contributed by atoms with Crippen molar-refractivity contribution in [3.8, 4) is 0 Å². The van der Waals surface area contributed by atoms with Gasteiger partial charge in [0, 0.05) is 19.6 Å². The number of nitrogens with zero attached hydrogens (tertiary/aromatic N) is 2. The zero-order chi connectivity index (χ0) is 17.6. The molecule has 0 atom stereocenters. The van der Waals surface area contributed by atoms with Gasteiger partial charge in [-0.2, -0.15) is 0 Å². The highest BCUT2D eigenvalue weighted by Gasteiger charge is 2.25. The average molecular weight is 341 g/mol. The van der Waals surface area contributed by atoms with Gasteiger partial charge in [-0.05, 0) is 24.6 Å². The second kappa shape index (κ2) is 7.98. The lowest BCUT2D eigenvalue weighted by molar-refractivity contribution is -0.137. The van der Waals surface area contributed by atoms with Crippen LogP contribution in [0.5, 0.6) is 0 Å². The topological polar surface area (TPSA) is 65.8 Å². The molecule has 0 aliphatic carbocycles. The fourth-order valence-electron chi connectivity index (χ4n) is 2.95. The van der Waals surface area contributed by atoms with E-state index in [-0.39, 0.29) is 24.9 Å². The maximum absolute atomic E-state index is 12.4. The quantitative estimate of drug-likeness (QED) is 0.866. The molecule has 0 saturated carbocycles. The van der Waals surface area contributed by atoms with Crippen LogP contribution in [0, 0.1) is 6.92 Å². The van der Waals surface area contributed by atoms with Gasteiger partial charge in [-0.25, -0.2) is 0 Å². The van der Waals surface area contributed by atoms with Gasteiger partial charge in [0.2, 0.25) is 11.8 Å². The molecule has 1 aromatic heterocycles. The van der Waals surface area contributed by atoms with Gasteiger partial charge in [-0.15, -0.1) is 0 Å². The van der Waals surface area contributed by atoms with Gasteiger partial charge < -0.3 is 14.6 Å². The van der Waals surface area contributed by atoms with Crippen LogP contribution < -0.4 is 5.32 Å². The largest absolute Gasteiger partial charge is 0.467 e. The van der Waals surface area contributed by atoms with Crippen molar-refractivity contribution in [2.75, 3.05) is 26.2 Å². The van der Waals surface area contributed by atoms with Crippen LogP contribution in [0.25, 0.3) is 0 Å². The monoisotopic (exact) mass is 341 g/mol. The minimum Gasteiger partial charge on any atom is -0.467 e. The number of piperazine rings is 1. The van der Waals surface area contributed by atoms with E-state index in [1.807, 2.05) is 41.0 Å². The zero-order valence-corrected chi connectivity index (χ0v) is 14.4. The Morgan fingerprint density at radius 2 is 2.12 bits per heavy atom. The molecule has 2 amide bonds. The van der Waals surface area contributed by atoms with Gasteiger partial charge in [0.15, 0.2) is 0 Å². The molecule has 3 rings (SSSR count). The summed E-state index contributed by atoms with van der Waals surface area (Å²) in [6, 6.07) is 11.8. The Labute approximate surface area is 147 Å². The minimum atomic E-state index is -0.101. The summed E-state index contributed by atoms with van der Waals surface area (Å²) in [6.07, 6.45) is 1.58. The van der Waals surface area contributed by atoms with Crippen LogP contribution in [0.15, 0.2) is 47.1 Å². The lowest BCUT2D eigenvalue weighted by Gasteiger charge is -2.34. The first-order valence-corrected chi connectivity index (χ1v) is 8.45. The molecule has 0 spiro atoms. The third kappa shape index (κ3) is 4.93. The number of nitrogens with one attached hydrogen (secondary N) is 1.